The molecular formula is C54H36N4. The Bertz CT molecular complexity index is 3630. The molecule has 3 heterocycles. The summed E-state index contributed by atoms with van der Waals surface area (Å²) in [4.78, 5) is 15.8. The van der Waals surface area contributed by atoms with Gasteiger partial charge in [-0.15, -0.1) is 0 Å². The minimum Gasteiger partial charge on any atom is -0.308 e. The van der Waals surface area contributed by atoms with Crippen LogP contribution in [0.4, 0.5) is 0 Å². The van der Waals surface area contributed by atoms with Gasteiger partial charge >= 0.3 is 0 Å². The van der Waals surface area contributed by atoms with Crippen LogP contribution >= 0.6 is 0 Å². The van der Waals surface area contributed by atoms with Gasteiger partial charge in [0.05, 0.1) is 16.6 Å². The molecule has 58 heavy (non-hydrogen) atoms. The fraction of sp³-hybridized carbons (Fsp3) is 0.0556. The van der Waals surface area contributed by atoms with E-state index in [2.05, 4.69) is 169 Å². The summed E-state index contributed by atoms with van der Waals surface area (Å²) in [6.45, 7) is 2.11. The van der Waals surface area contributed by atoms with E-state index in [1.54, 1.807) is 0 Å². The first-order chi connectivity index (χ1) is 28.7. The highest BCUT2D eigenvalue weighted by atomic mass is 15.0. The Morgan fingerprint density at radius 1 is 0.500 bits per heavy atom. The smallest absolute Gasteiger partial charge is 0.164 e. The second-order valence-electron chi connectivity index (χ2n) is 15.5. The molecule has 0 saturated carbocycles. The highest BCUT2D eigenvalue weighted by Gasteiger charge is 2.23. The molecule has 0 amide bonds. The van der Waals surface area contributed by atoms with Crippen molar-refractivity contribution in [2.24, 2.45) is 0 Å². The molecule has 3 aromatic heterocycles. The van der Waals surface area contributed by atoms with Gasteiger partial charge in [-0.05, 0) is 99.3 Å². The number of aryl methyl sites for hydroxylation is 1. The number of hydrogen-bond acceptors (Lipinski definition) is 3. The summed E-state index contributed by atoms with van der Waals surface area (Å²) in [7, 11) is 0. The van der Waals surface area contributed by atoms with Crippen LogP contribution in [-0.2, 0) is 0 Å². The van der Waals surface area contributed by atoms with Gasteiger partial charge in [0.25, 0.3) is 0 Å². The molecule has 0 saturated heterocycles. The van der Waals surface area contributed by atoms with E-state index in [4.69, 9.17) is 15.0 Å². The summed E-state index contributed by atoms with van der Waals surface area (Å²) in [6, 6.07) is 50.0. The Morgan fingerprint density at radius 3 is 2.00 bits per heavy atom. The molecule has 2 aliphatic carbocycles. The van der Waals surface area contributed by atoms with Crippen LogP contribution in [0.15, 0.2) is 152 Å². The number of hydrogen-bond donors (Lipinski definition) is 0. The molecule has 272 valence electrons. The Morgan fingerprint density at radius 2 is 1.17 bits per heavy atom. The van der Waals surface area contributed by atoms with E-state index in [0.717, 1.165) is 40.7 Å². The zero-order valence-electron chi connectivity index (χ0n) is 31.9. The van der Waals surface area contributed by atoms with E-state index < -0.39 is 0 Å². The van der Waals surface area contributed by atoms with E-state index in [0.29, 0.717) is 17.5 Å². The van der Waals surface area contributed by atoms with Crippen molar-refractivity contribution in [3.8, 4) is 34.2 Å². The van der Waals surface area contributed by atoms with Crippen LogP contribution in [0.25, 0.3) is 113 Å². The quantitative estimate of drug-likeness (QED) is 0.169. The minimum atomic E-state index is 0.654. The molecule has 0 aliphatic heterocycles. The fourth-order valence-corrected chi connectivity index (χ4v) is 9.48. The summed E-state index contributed by atoms with van der Waals surface area (Å²) in [5, 5.41) is 11.2. The van der Waals surface area contributed by atoms with Crippen LogP contribution < -0.4 is 15.7 Å². The lowest BCUT2D eigenvalue weighted by molar-refractivity contribution is 1.07. The van der Waals surface area contributed by atoms with Crippen molar-refractivity contribution in [1.82, 2.24) is 19.4 Å². The van der Waals surface area contributed by atoms with Crippen molar-refractivity contribution in [1.29, 1.82) is 0 Å². The number of aromatic nitrogens is 4. The second-order valence-corrected chi connectivity index (χ2v) is 15.5. The van der Waals surface area contributed by atoms with Gasteiger partial charge in [-0.1, -0.05) is 145 Å². The lowest BCUT2D eigenvalue weighted by atomic mass is 9.89. The molecule has 0 atom stereocenters. The van der Waals surface area contributed by atoms with Crippen molar-refractivity contribution in [3.63, 3.8) is 0 Å². The first kappa shape index (κ1) is 32.8. The molecule has 0 N–H and O–H groups in total. The minimum absolute atomic E-state index is 0.654. The highest BCUT2D eigenvalue weighted by Crippen LogP contribution is 2.40. The molecule has 12 rings (SSSR count). The first-order valence-electron chi connectivity index (χ1n) is 20.1. The SMILES string of the molecule is Cc1cccc(-c2nc(-c3ccccc3)nc(-c3cc4c5c(c6ccccc6c4cc3C3=Cc4c6ccccc6n6c4c(c4ccccc46)=CC3)=CCC=CC=5)n2)c1. The molecule has 0 unspecified atom stereocenters. The molecule has 0 radical (unpaired) electrons. The Kier molecular flexibility index (Phi) is 7.24. The average molecular weight is 741 g/mol. The van der Waals surface area contributed by atoms with E-state index >= 15 is 0 Å². The number of para-hydroxylation sites is 2. The Balaban J connectivity index is 1.22. The predicted octanol–water partition coefficient (Wildman–Crippen LogP) is 11.0. The van der Waals surface area contributed by atoms with Gasteiger partial charge in [-0.2, -0.15) is 0 Å². The van der Waals surface area contributed by atoms with E-state index in [1.165, 1.54) is 75.7 Å². The molecular weight excluding hydrogens is 705 g/mol. The molecule has 4 nitrogen and oxygen atoms in total. The van der Waals surface area contributed by atoms with E-state index in [-0.39, 0.29) is 0 Å². The van der Waals surface area contributed by atoms with Gasteiger partial charge in [0.2, 0.25) is 0 Å². The number of benzene rings is 7. The molecule has 0 fully saturated rings. The summed E-state index contributed by atoms with van der Waals surface area (Å²) in [6.07, 6.45) is 15.6. The topological polar surface area (TPSA) is 43.1 Å². The van der Waals surface area contributed by atoms with Crippen molar-refractivity contribution in [2.45, 2.75) is 19.8 Å². The van der Waals surface area contributed by atoms with Gasteiger partial charge < -0.3 is 4.40 Å². The van der Waals surface area contributed by atoms with Crippen LogP contribution in [0.5, 0.6) is 0 Å². The maximum absolute atomic E-state index is 5.37. The third kappa shape index (κ3) is 4.98. The normalized spacial score (nSPS) is 13.6. The maximum atomic E-state index is 5.37. The number of fused-ring (bicyclic) bond motifs is 12. The standard InChI is InChI=1S/C54H36N4/c1-33-15-14-18-36(29-33)53-55-52(34-16-4-2-5-17-34)56-54(57-53)48-32-46-39-20-7-3-6-19-37(39)38-21-8-9-22-40(38)45(46)31-44(48)35-27-28-43-41-23-10-12-25-49(41)58-50-26-13-11-24-42(50)47(30-35)51(43)58/h2-5,7-26,28-32H,6,27H2,1H3. The molecule has 7 aromatic carbocycles. The molecule has 4 heteroatoms. The van der Waals surface area contributed by atoms with Crippen LogP contribution in [0.3, 0.4) is 0 Å². The van der Waals surface area contributed by atoms with Crippen LogP contribution in [0.2, 0.25) is 0 Å². The average Bonchev–Trinajstić information content (AvgIpc) is 3.51. The third-order valence-corrected chi connectivity index (χ3v) is 12.1. The zero-order valence-corrected chi connectivity index (χ0v) is 31.9. The first-order valence-corrected chi connectivity index (χ1v) is 20.1. The van der Waals surface area contributed by atoms with Gasteiger partial charge in [0, 0.05) is 38.2 Å². The number of nitrogens with zero attached hydrogens (tertiary/aromatic N) is 4. The van der Waals surface area contributed by atoms with Gasteiger partial charge in [0.1, 0.15) is 0 Å². The van der Waals surface area contributed by atoms with E-state index in [9.17, 15) is 0 Å². The molecule has 0 spiro atoms. The predicted molar refractivity (Wildman–Crippen MR) is 242 cm³/mol. The summed E-state index contributed by atoms with van der Waals surface area (Å²) in [5.74, 6) is 1.97. The zero-order chi connectivity index (χ0) is 38.3. The molecule has 10 aromatic rings. The highest BCUT2D eigenvalue weighted by molar-refractivity contribution is 6.14. The fourth-order valence-electron chi connectivity index (χ4n) is 9.48. The van der Waals surface area contributed by atoms with E-state index in [1.807, 2.05) is 18.2 Å². The largest absolute Gasteiger partial charge is 0.308 e. The maximum Gasteiger partial charge on any atom is 0.164 e. The number of allylic oxidation sites excluding steroid dienone is 3. The summed E-state index contributed by atoms with van der Waals surface area (Å²) < 4.78 is 2.46. The second kappa shape index (κ2) is 12.8. The van der Waals surface area contributed by atoms with Crippen molar-refractivity contribution in [3.05, 3.63) is 184 Å². The van der Waals surface area contributed by atoms with Gasteiger partial charge in [-0.3, -0.25) is 0 Å². The molecule has 2 aliphatic rings. The molecule has 0 bridgehead atoms. The van der Waals surface area contributed by atoms with Crippen LogP contribution in [-0.4, -0.2) is 19.4 Å². The Labute approximate surface area is 334 Å². The van der Waals surface area contributed by atoms with Gasteiger partial charge in [0.15, 0.2) is 17.5 Å². The number of rotatable bonds is 4. The lowest BCUT2D eigenvalue weighted by Crippen LogP contribution is -2.26. The lowest BCUT2D eigenvalue weighted by Gasteiger charge is -2.17. The van der Waals surface area contributed by atoms with Crippen molar-refractivity contribution >= 4 is 78.7 Å². The third-order valence-electron chi connectivity index (χ3n) is 12.1. The van der Waals surface area contributed by atoms with Crippen LogP contribution in [0.1, 0.15) is 29.5 Å². The monoisotopic (exact) mass is 740 g/mol. The van der Waals surface area contributed by atoms with Crippen LogP contribution in [0, 0.1) is 6.92 Å². The Hall–Kier alpha value is -7.43. The van der Waals surface area contributed by atoms with Crippen molar-refractivity contribution < 1.29 is 0 Å². The van der Waals surface area contributed by atoms with Gasteiger partial charge in [-0.25, -0.2) is 15.0 Å². The van der Waals surface area contributed by atoms with Crippen molar-refractivity contribution in [2.75, 3.05) is 0 Å². The summed E-state index contributed by atoms with van der Waals surface area (Å²) in [5.41, 5.74) is 11.4. The summed E-state index contributed by atoms with van der Waals surface area (Å²) >= 11 is 0.